The molecule has 3 nitrogen and oxygen atoms in total. The molecule has 2 rings (SSSR count). The van der Waals surface area contributed by atoms with Gasteiger partial charge in [-0.2, -0.15) is 0 Å². The summed E-state index contributed by atoms with van der Waals surface area (Å²) in [4.78, 5) is 0. The summed E-state index contributed by atoms with van der Waals surface area (Å²) in [5.41, 5.74) is 7.69. The van der Waals surface area contributed by atoms with Crippen LogP contribution in [0.15, 0.2) is 18.2 Å². The van der Waals surface area contributed by atoms with Gasteiger partial charge in [-0.25, -0.2) is 0 Å². The third kappa shape index (κ3) is 2.60. The Labute approximate surface area is 97.0 Å². The lowest BCUT2D eigenvalue weighted by molar-refractivity contribution is 0.319. The van der Waals surface area contributed by atoms with E-state index in [-0.39, 0.29) is 0 Å². The maximum absolute atomic E-state index is 5.85. The zero-order valence-electron chi connectivity index (χ0n) is 9.83. The molecule has 0 aromatic heterocycles. The Balaban J connectivity index is 2.01. The molecule has 3 heteroatoms. The van der Waals surface area contributed by atoms with Gasteiger partial charge in [-0.05, 0) is 37.8 Å². The predicted octanol–water partition coefficient (Wildman–Crippen LogP) is 3.02. The number of hydrogen-bond acceptors (Lipinski definition) is 3. The second-order valence-corrected chi connectivity index (χ2v) is 4.37. The molecular weight excluding hydrogens is 200 g/mol. The normalized spacial score (nSPS) is 15.6. The summed E-state index contributed by atoms with van der Waals surface area (Å²) >= 11 is 0. The minimum atomic E-state index is 0.641. The molecular formula is C13H20N2O. The smallest absolute Gasteiger partial charge is 0.144 e. The highest BCUT2D eigenvalue weighted by Crippen LogP contribution is 2.29. The maximum Gasteiger partial charge on any atom is 0.144 e. The number of rotatable bonds is 5. The fraction of sp³-hybridized carbons (Fsp3) is 0.538. The van der Waals surface area contributed by atoms with Crippen LogP contribution in [0.2, 0.25) is 0 Å². The van der Waals surface area contributed by atoms with Gasteiger partial charge in [0.1, 0.15) is 5.75 Å². The summed E-state index contributed by atoms with van der Waals surface area (Å²) in [7, 11) is 0. The number of hydrogen-bond donors (Lipinski definition) is 2. The van der Waals surface area contributed by atoms with Gasteiger partial charge in [-0.1, -0.05) is 6.92 Å². The SMILES string of the molecule is CCCOc1cc(NC2CCC2)ccc1N. The molecule has 0 saturated heterocycles. The van der Waals surface area contributed by atoms with Crippen molar-refractivity contribution in [1.82, 2.24) is 0 Å². The van der Waals surface area contributed by atoms with E-state index < -0.39 is 0 Å². The zero-order valence-corrected chi connectivity index (χ0v) is 9.83. The summed E-state index contributed by atoms with van der Waals surface area (Å²) in [6, 6.07) is 6.57. The van der Waals surface area contributed by atoms with E-state index >= 15 is 0 Å². The van der Waals surface area contributed by atoms with Crippen molar-refractivity contribution < 1.29 is 4.74 Å². The Kier molecular flexibility index (Phi) is 3.54. The highest BCUT2D eigenvalue weighted by atomic mass is 16.5. The summed E-state index contributed by atoms with van der Waals surface area (Å²) in [6.07, 6.45) is 4.89. The second kappa shape index (κ2) is 5.10. The Morgan fingerprint density at radius 3 is 2.88 bits per heavy atom. The van der Waals surface area contributed by atoms with E-state index in [0.29, 0.717) is 11.7 Å². The fourth-order valence-corrected chi connectivity index (χ4v) is 1.75. The first-order valence-corrected chi connectivity index (χ1v) is 6.08. The van der Waals surface area contributed by atoms with Crippen LogP contribution in [-0.4, -0.2) is 12.6 Å². The Bertz CT molecular complexity index is 348. The molecule has 0 radical (unpaired) electrons. The van der Waals surface area contributed by atoms with Gasteiger partial charge >= 0.3 is 0 Å². The summed E-state index contributed by atoms with van der Waals surface area (Å²) in [5, 5.41) is 3.49. The van der Waals surface area contributed by atoms with Crippen LogP contribution >= 0.6 is 0 Å². The number of anilines is 2. The fourth-order valence-electron chi connectivity index (χ4n) is 1.75. The molecule has 0 unspecified atom stereocenters. The second-order valence-electron chi connectivity index (χ2n) is 4.37. The number of ether oxygens (including phenoxy) is 1. The molecule has 1 aliphatic carbocycles. The number of nitrogens with two attached hydrogens (primary N) is 1. The first-order chi connectivity index (χ1) is 7.79. The molecule has 0 heterocycles. The number of nitrogens with one attached hydrogen (secondary N) is 1. The lowest BCUT2D eigenvalue weighted by atomic mass is 9.93. The van der Waals surface area contributed by atoms with Gasteiger partial charge in [-0.3, -0.25) is 0 Å². The summed E-state index contributed by atoms with van der Waals surface area (Å²) < 4.78 is 5.59. The predicted molar refractivity (Wildman–Crippen MR) is 67.9 cm³/mol. The molecule has 1 saturated carbocycles. The van der Waals surface area contributed by atoms with Gasteiger partial charge in [0.15, 0.2) is 0 Å². The monoisotopic (exact) mass is 220 g/mol. The number of benzene rings is 1. The van der Waals surface area contributed by atoms with Gasteiger partial charge in [0.25, 0.3) is 0 Å². The third-order valence-corrected chi connectivity index (χ3v) is 2.95. The van der Waals surface area contributed by atoms with Crippen molar-refractivity contribution in [2.45, 2.75) is 38.6 Å². The molecule has 0 bridgehead atoms. The molecule has 1 aromatic carbocycles. The van der Waals surface area contributed by atoms with Gasteiger partial charge in [0, 0.05) is 17.8 Å². The van der Waals surface area contributed by atoms with E-state index in [2.05, 4.69) is 12.2 Å². The molecule has 88 valence electrons. The molecule has 0 atom stereocenters. The number of nitrogen functional groups attached to an aromatic ring is 1. The van der Waals surface area contributed by atoms with Crippen molar-refractivity contribution in [1.29, 1.82) is 0 Å². The van der Waals surface area contributed by atoms with Crippen LogP contribution in [0.5, 0.6) is 5.75 Å². The summed E-state index contributed by atoms with van der Waals surface area (Å²) in [5.74, 6) is 0.797. The highest BCUT2D eigenvalue weighted by Gasteiger charge is 2.17. The molecule has 1 aromatic rings. The summed E-state index contributed by atoms with van der Waals surface area (Å²) in [6.45, 7) is 2.81. The van der Waals surface area contributed by atoms with Crippen LogP contribution in [-0.2, 0) is 0 Å². The highest BCUT2D eigenvalue weighted by molar-refractivity contribution is 5.61. The lowest BCUT2D eigenvalue weighted by Crippen LogP contribution is -2.26. The molecule has 1 aliphatic rings. The maximum atomic E-state index is 5.85. The molecule has 0 aliphatic heterocycles. The van der Waals surface area contributed by atoms with Crippen LogP contribution in [0.3, 0.4) is 0 Å². The van der Waals surface area contributed by atoms with Crippen LogP contribution in [0.4, 0.5) is 11.4 Å². The molecule has 1 fully saturated rings. The minimum absolute atomic E-state index is 0.641. The van der Waals surface area contributed by atoms with E-state index in [9.17, 15) is 0 Å². The van der Waals surface area contributed by atoms with Gasteiger partial charge < -0.3 is 15.8 Å². The average molecular weight is 220 g/mol. The van der Waals surface area contributed by atoms with E-state index in [1.807, 2.05) is 18.2 Å². The van der Waals surface area contributed by atoms with Gasteiger partial charge in [0.2, 0.25) is 0 Å². The van der Waals surface area contributed by atoms with Gasteiger partial charge in [-0.15, -0.1) is 0 Å². The van der Waals surface area contributed by atoms with Crippen molar-refractivity contribution in [2.75, 3.05) is 17.7 Å². The largest absolute Gasteiger partial charge is 0.491 e. The van der Waals surface area contributed by atoms with Crippen molar-refractivity contribution in [2.24, 2.45) is 0 Å². The van der Waals surface area contributed by atoms with Crippen LogP contribution in [0.25, 0.3) is 0 Å². The molecule has 0 amide bonds. The quantitative estimate of drug-likeness (QED) is 0.750. The van der Waals surface area contributed by atoms with E-state index in [4.69, 9.17) is 10.5 Å². The van der Waals surface area contributed by atoms with Gasteiger partial charge in [0.05, 0.1) is 12.3 Å². The zero-order chi connectivity index (χ0) is 11.4. The first-order valence-electron chi connectivity index (χ1n) is 6.08. The van der Waals surface area contributed by atoms with Crippen molar-refractivity contribution >= 4 is 11.4 Å². The van der Waals surface area contributed by atoms with Crippen LogP contribution in [0.1, 0.15) is 32.6 Å². The van der Waals surface area contributed by atoms with E-state index in [1.54, 1.807) is 0 Å². The van der Waals surface area contributed by atoms with Crippen molar-refractivity contribution in [3.05, 3.63) is 18.2 Å². The topological polar surface area (TPSA) is 47.3 Å². The Morgan fingerprint density at radius 2 is 2.25 bits per heavy atom. The Hall–Kier alpha value is -1.38. The van der Waals surface area contributed by atoms with E-state index in [1.165, 1.54) is 19.3 Å². The van der Waals surface area contributed by atoms with Crippen molar-refractivity contribution in [3.8, 4) is 5.75 Å². The third-order valence-electron chi connectivity index (χ3n) is 2.95. The molecule has 3 N–H and O–H groups in total. The van der Waals surface area contributed by atoms with Crippen LogP contribution in [0, 0.1) is 0 Å². The lowest BCUT2D eigenvalue weighted by Gasteiger charge is -2.27. The first kappa shape index (κ1) is 11.1. The standard InChI is InChI=1S/C13H20N2O/c1-2-8-16-13-9-11(6-7-12(13)14)15-10-4-3-5-10/h6-7,9-10,15H,2-5,8,14H2,1H3. The molecule has 0 spiro atoms. The van der Waals surface area contributed by atoms with E-state index in [0.717, 1.165) is 24.5 Å². The van der Waals surface area contributed by atoms with Crippen LogP contribution < -0.4 is 15.8 Å². The van der Waals surface area contributed by atoms with Crippen molar-refractivity contribution in [3.63, 3.8) is 0 Å². The average Bonchev–Trinajstić information content (AvgIpc) is 2.23. The molecule has 16 heavy (non-hydrogen) atoms. The Morgan fingerprint density at radius 1 is 1.44 bits per heavy atom. The minimum Gasteiger partial charge on any atom is -0.491 e.